The van der Waals surface area contributed by atoms with Crippen LogP contribution in [0.15, 0.2) is 60.9 Å². The summed E-state index contributed by atoms with van der Waals surface area (Å²) in [5.74, 6) is -1.11. The zero-order valence-electron chi connectivity index (χ0n) is 21.8. The van der Waals surface area contributed by atoms with Crippen LogP contribution in [0.25, 0.3) is 11.2 Å². The van der Waals surface area contributed by atoms with E-state index in [4.69, 9.17) is 21.1 Å². The number of imidazole rings is 1. The highest BCUT2D eigenvalue weighted by atomic mass is 127. The maximum Gasteiger partial charge on any atom is 0.338 e. The number of halogens is 2. The highest BCUT2D eigenvalue weighted by Crippen LogP contribution is 2.69. The van der Waals surface area contributed by atoms with E-state index < -0.39 is 5.79 Å². The van der Waals surface area contributed by atoms with E-state index in [9.17, 15) is 9.90 Å². The Hall–Kier alpha value is -2.45. The van der Waals surface area contributed by atoms with Crippen LogP contribution in [0.3, 0.4) is 0 Å². The van der Waals surface area contributed by atoms with Crippen LogP contribution in [0, 0.1) is 9.49 Å². The number of ether oxygens (including phenoxy) is 2. The number of carbonyl (C=O) groups excluding carboxylic acids is 1. The normalized spacial score (nSPS) is 23.7. The highest BCUT2D eigenvalue weighted by molar-refractivity contribution is 14.1. The van der Waals surface area contributed by atoms with Crippen molar-refractivity contribution >= 4 is 68.9 Å². The first kappa shape index (κ1) is 27.7. The molecule has 9 nitrogen and oxygen atoms in total. The quantitative estimate of drug-likeness (QED) is 0.0993. The van der Waals surface area contributed by atoms with Crippen molar-refractivity contribution in [3.63, 3.8) is 0 Å². The number of hydrogen-bond acceptors (Lipinski definition) is 9. The molecule has 1 saturated heterocycles. The van der Waals surface area contributed by atoms with Gasteiger partial charge in [0.25, 0.3) is 0 Å². The monoisotopic (exact) mass is 691 g/mol. The molecule has 12 heteroatoms. The fraction of sp³-hybridized carbons (Fsp3) is 0.357. The predicted octanol–water partition coefficient (Wildman–Crippen LogP) is 5.67. The molecule has 1 saturated carbocycles. The zero-order chi connectivity index (χ0) is 28.1. The van der Waals surface area contributed by atoms with Crippen LogP contribution >= 0.6 is 46.0 Å². The summed E-state index contributed by atoms with van der Waals surface area (Å²) in [5, 5.41) is 13.7. The van der Waals surface area contributed by atoms with Crippen LogP contribution in [0.2, 0.25) is 5.28 Å². The number of carbonyl (C=O) groups is 1. The predicted molar refractivity (Wildman–Crippen MR) is 162 cm³/mol. The minimum absolute atomic E-state index is 0.0745. The van der Waals surface area contributed by atoms with Crippen LogP contribution in [0.4, 0.5) is 5.82 Å². The van der Waals surface area contributed by atoms with Gasteiger partial charge >= 0.3 is 5.97 Å². The third-order valence-electron chi connectivity index (χ3n) is 7.01. The molecule has 3 heterocycles. The third-order valence-corrected chi connectivity index (χ3v) is 9.65. The lowest BCUT2D eigenvalue weighted by Crippen LogP contribution is -2.34. The minimum Gasteiger partial charge on any atom is -0.461 e. The second-order valence-electron chi connectivity index (χ2n) is 10.5. The first-order valence-corrected chi connectivity index (χ1v) is 15.1. The number of anilines is 1. The number of fused-ring (bicyclic) bond motifs is 2. The van der Waals surface area contributed by atoms with Crippen molar-refractivity contribution in [2.24, 2.45) is 5.92 Å². The smallest absolute Gasteiger partial charge is 0.338 e. The van der Waals surface area contributed by atoms with Gasteiger partial charge in [-0.15, -0.1) is 11.8 Å². The Bertz CT molecular complexity index is 1570. The van der Waals surface area contributed by atoms with Gasteiger partial charge in [0.15, 0.2) is 22.8 Å². The van der Waals surface area contributed by atoms with Gasteiger partial charge in [-0.25, -0.2) is 9.78 Å². The number of aliphatic hydroxyl groups is 1. The van der Waals surface area contributed by atoms with Gasteiger partial charge in [0, 0.05) is 16.0 Å². The van der Waals surface area contributed by atoms with Crippen molar-refractivity contribution in [1.29, 1.82) is 0 Å². The van der Waals surface area contributed by atoms with Crippen molar-refractivity contribution in [1.82, 2.24) is 19.5 Å². The van der Waals surface area contributed by atoms with Crippen LogP contribution < -0.4 is 5.32 Å². The van der Waals surface area contributed by atoms with E-state index in [1.165, 1.54) is 0 Å². The van der Waals surface area contributed by atoms with Gasteiger partial charge in [0.2, 0.25) is 5.28 Å². The van der Waals surface area contributed by atoms with E-state index in [1.54, 1.807) is 44.1 Å². The second-order valence-corrected chi connectivity index (χ2v) is 13.6. The Morgan fingerprint density at radius 2 is 2.05 bits per heavy atom. The molecule has 2 aromatic heterocycles. The van der Waals surface area contributed by atoms with Gasteiger partial charge in [-0.3, -0.25) is 4.57 Å². The van der Waals surface area contributed by atoms with Crippen molar-refractivity contribution < 1.29 is 19.4 Å². The van der Waals surface area contributed by atoms with E-state index in [1.807, 2.05) is 41.0 Å². The standard InChI is InChI=1S/C28H27ClIN5O4S/c1-27(2,37)39-21-19-12-28(19,14-38-25(36)17-8-4-3-5-9-17)40-24(21)35-15-32-20-22(33-26(29)34-23(20)35)31-13-16-7-6-10-18(30)11-16/h3-11,15,19,21,24,37H,12-14H2,1-2H3,(H,31,33,34). The summed E-state index contributed by atoms with van der Waals surface area (Å²) in [7, 11) is 0. The third kappa shape index (κ3) is 5.67. The molecule has 4 aromatic rings. The number of benzene rings is 2. The Labute approximate surface area is 254 Å². The minimum atomic E-state index is -1.36. The van der Waals surface area contributed by atoms with Crippen molar-refractivity contribution in [3.05, 3.63) is 80.9 Å². The van der Waals surface area contributed by atoms with Gasteiger partial charge in [0.05, 0.1) is 22.7 Å². The molecule has 208 valence electrons. The Morgan fingerprint density at radius 1 is 1.25 bits per heavy atom. The number of rotatable bonds is 9. The van der Waals surface area contributed by atoms with E-state index >= 15 is 0 Å². The molecule has 0 amide bonds. The highest BCUT2D eigenvalue weighted by Gasteiger charge is 2.69. The number of aromatic nitrogens is 4. The number of esters is 1. The summed E-state index contributed by atoms with van der Waals surface area (Å²) < 4.78 is 14.7. The molecule has 1 aliphatic carbocycles. The summed E-state index contributed by atoms with van der Waals surface area (Å²) in [5.41, 5.74) is 2.76. The number of thioether (sulfide) groups is 1. The summed E-state index contributed by atoms with van der Waals surface area (Å²) in [6.45, 7) is 4.02. The Kier molecular flexibility index (Phi) is 7.45. The molecule has 2 aliphatic rings. The lowest BCUT2D eigenvalue weighted by Gasteiger charge is -2.29. The molecule has 6 rings (SSSR count). The van der Waals surface area contributed by atoms with Gasteiger partial charge in [-0.1, -0.05) is 30.3 Å². The molecular formula is C28H27ClIN5O4S. The summed E-state index contributed by atoms with van der Waals surface area (Å²) in [6, 6.07) is 17.1. The van der Waals surface area contributed by atoms with Gasteiger partial charge < -0.3 is 19.9 Å². The molecule has 2 aromatic carbocycles. The fourth-order valence-electron chi connectivity index (χ4n) is 5.14. The maximum absolute atomic E-state index is 12.7. The molecule has 2 N–H and O–H groups in total. The average molecular weight is 692 g/mol. The molecule has 40 heavy (non-hydrogen) atoms. The molecule has 4 atom stereocenters. The Morgan fingerprint density at radius 3 is 2.80 bits per heavy atom. The van der Waals surface area contributed by atoms with E-state index in [0.29, 0.717) is 29.1 Å². The molecule has 1 aliphatic heterocycles. The molecular weight excluding hydrogens is 665 g/mol. The van der Waals surface area contributed by atoms with Crippen molar-refractivity contribution in [3.8, 4) is 0 Å². The topological polar surface area (TPSA) is 111 Å². The largest absolute Gasteiger partial charge is 0.461 e. The first-order valence-electron chi connectivity index (χ1n) is 12.8. The average Bonchev–Trinajstić information content (AvgIpc) is 3.33. The fourth-order valence-corrected chi connectivity index (χ4v) is 7.75. The van der Waals surface area contributed by atoms with Crippen LogP contribution in [-0.2, 0) is 16.0 Å². The van der Waals surface area contributed by atoms with Gasteiger partial charge in [-0.05, 0) is 84.3 Å². The van der Waals surface area contributed by atoms with Gasteiger partial charge in [0.1, 0.15) is 12.0 Å². The summed E-state index contributed by atoms with van der Waals surface area (Å²) >= 11 is 10.3. The van der Waals surface area contributed by atoms with E-state index in [0.717, 1.165) is 15.6 Å². The summed E-state index contributed by atoms with van der Waals surface area (Å²) in [4.78, 5) is 26.2. The number of nitrogens with one attached hydrogen (secondary N) is 1. The lowest BCUT2D eigenvalue weighted by atomic mass is 10.1. The van der Waals surface area contributed by atoms with Crippen LogP contribution in [0.5, 0.6) is 0 Å². The van der Waals surface area contributed by atoms with Crippen LogP contribution in [0.1, 0.15) is 41.6 Å². The van der Waals surface area contributed by atoms with Crippen molar-refractivity contribution in [2.45, 2.75) is 48.8 Å². The van der Waals surface area contributed by atoms with Gasteiger partial charge in [-0.2, -0.15) is 9.97 Å². The van der Waals surface area contributed by atoms with E-state index in [-0.39, 0.29) is 40.0 Å². The molecule has 4 unspecified atom stereocenters. The molecule has 2 fully saturated rings. The molecule has 0 spiro atoms. The lowest BCUT2D eigenvalue weighted by molar-refractivity contribution is -0.212. The van der Waals surface area contributed by atoms with Crippen molar-refractivity contribution in [2.75, 3.05) is 11.9 Å². The zero-order valence-corrected chi connectivity index (χ0v) is 25.5. The van der Waals surface area contributed by atoms with E-state index in [2.05, 4.69) is 48.9 Å². The van der Waals surface area contributed by atoms with Crippen LogP contribution in [-0.4, -0.2) is 53.8 Å². The molecule has 0 radical (unpaired) electrons. The number of hydrogen-bond donors (Lipinski definition) is 2. The summed E-state index contributed by atoms with van der Waals surface area (Å²) in [6.07, 6.45) is 2.15. The second kappa shape index (κ2) is 10.8. The Balaban J connectivity index is 1.27. The molecule has 0 bridgehead atoms. The number of nitrogens with zero attached hydrogens (tertiary/aromatic N) is 4. The maximum atomic E-state index is 12.7. The SMILES string of the molecule is CC(C)(O)OC1C(n2cnc3c(NCc4cccc(I)c4)nc(Cl)nc32)SC2(COC(=O)c3ccccc3)CC12. The first-order chi connectivity index (χ1) is 19.1.